The van der Waals surface area contributed by atoms with Gasteiger partial charge in [0.1, 0.15) is 13.2 Å². The van der Waals surface area contributed by atoms with Gasteiger partial charge in [-0.1, -0.05) is 29.8 Å². The molecule has 0 unspecified atom stereocenters. The van der Waals surface area contributed by atoms with Crippen molar-refractivity contribution in [3.63, 3.8) is 0 Å². The van der Waals surface area contributed by atoms with Gasteiger partial charge >= 0.3 is 5.97 Å². The van der Waals surface area contributed by atoms with E-state index >= 15 is 0 Å². The predicted molar refractivity (Wildman–Crippen MR) is 104 cm³/mol. The molecule has 7 nitrogen and oxygen atoms in total. The second-order valence-electron chi connectivity index (χ2n) is 6.61. The van der Waals surface area contributed by atoms with Gasteiger partial charge in [0.25, 0.3) is 0 Å². The van der Waals surface area contributed by atoms with Gasteiger partial charge in [-0.15, -0.1) is 0 Å². The van der Waals surface area contributed by atoms with E-state index in [1.807, 2.05) is 31.2 Å². The largest absolute Gasteiger partial charge is 0.460 e. The number of amides is 1. The van der Waals surface area contributed by atoms with Gasteiger partial charge in [-0.2, -0.15) is 4.72 Å². The normalized spacial score (nSPS) is 14.3. The number of benzene rings is 2. The summed E-state index contributed by atoms with van der Waals surface area (Å²) in [7, 11) is -3.85. The van der Waals surface area contributed by atoms with E-state index in [9.17, 15) is 18.0 Å². The third-order valence-electron chi connectivity index (χ3n) is 4.46. The van der Waals surface area contributed by atoms with E-state index < -0.39 is 22.5 Å². The Kier molecular flexibility index (Phi) is 6.11. The molecule has 1 fully saturated rings. The Morgan fingerprint density at radius 1 is 1.11 bits per heavy atom. The quantitative estimate of drug-likeness (QED) is 0.717. The van der Waals surface area contributed by atoms with Crippen LogP contribution in [0.15, 0.2) is 53.4 Å². The van der Waals surface area contributed by atoms with Crippen LogP contribution in [0.25, 0.3) is 0 Å². The maximum absolute atomic E-state index is 12.3. The van der Waals surface area contributed by atoms with E-state index in [1.165, 1.54) is 12.1 Å². The van der Waals surface area contributed by atoms with Gasteiger partial charge in [0, 0.05) is 18.7 Å². The maximum atomic E-state index is 12.3. The number of esters is 1. The lowest BCUT2D eigenvalue weighted by atomic mass is 10.2. The molecule has 0 radical (unpaired) electrons. The number of aryl methyl sites for hydroxylation is 1. The van der Waals surface area contributed by atoms with Crippen molar-refractivity contribution >= 4 is 27.6 Å². The predicted octanol–water partition coefficient (Wildman–Crippen LogP) is 2.14. The van der Waals surface area contributed by atoms with E-state index in [0.717, 1.165) is 17.5 Å². The number of carbonyl (C=O) groups is 2. The molecule has 148 valence electrons. The molecular formula is C20H22N2O5S. The second kappa shape index (κ2) is 8.53. The molecule has 1 saturated heterocycles. The first-order chi connectivity index (χ1) is 13.3. The maximum Gasteiger partial charge on any atom is 0.321 e. The number of carbonyl (C=O) groups excluding carboxylic acids is 2. The minimum absolute atomic E-state index is 0.0224. The second-order valence-corrected chi connectivity index (χ2v) is 8.38. The zero-order valence-electron chi connectivity index (χ0n) is 15.6. The van der Waals surface area contributed by atoms with Crippen LogP contribution in [-0.2, 0) is 31.0 Å². The first-order valence-corrected chi connectivity index (χ1v) is 10.4. The van der Waals surface area contributed by atoms with Crippen molar-refractivity contribution in [2.75, 3.05) is 18.0 Å². The smallest absolute Gasteiger partial charge is 0.321 e. The molecule has 0 bridgehead atoms. The molecule has 2 aromatic rings. The van der Waals surface area contributed by atoms with Crippen molar-refractivity contribution in [1.82, 2.24) is 4.72 Å². The summed E-state index contributed by atoms with van der Waals surface area (Å²) < 4.78 is 32.0. The topological polar surface area (TPSA) is 92.8 Å². The summed E-state index contributed by atoms with van der Waals surface area (Å²) in [6.07, 6.45) is 1.30. The first kappa shape index (κ1) is 20.0. The van der Waals surface area contributed by atoms with Crippen molar-refractivity contribution in [2.45, 2.75) is 31.3 Å². The van der Waals surface area contributed by atoms with E-state index in [0.29, 0.717) is 18.7 Å². The van der Waals surface area contributed by atoms with Gasteiger partial charge < -0.3 is 9.64 Å². The number of rotatable bonds is 7. The Morgan fingerprint density at radius 3 is 2.39 bits per heavy atom. The highest BCUT2D eigenvalue weighted by molar-refractivity contribution is 7.89. The van der Waals surface area contributed by atoms with Crippen LogP contribution in [0.5, 0.6) is 0 Å². The first-order valence-electron chi connectivity index (χ1n) is 8.96. The van der Waals surface area contributed by atoms with Crippen LogP contribution in [0.2, 0.25) is 0 Å². The SMILES string of the molecule is Cc1ccc(COC(=O)CNS(=O)(=O)c2ccc(N3CCCC3=O)cc2)cc1. The molecule has 1 heterocycles. The number of nitrogens with one attached hydrogen (secondary N) is 1. The molecule has 2 aromatic carbocycles. The van der Waals surface area contributed by atoms with Crippen LogP contribution in [0.4, 0.5) is 5.69 Å². The average molecular weight is 402 g/mol. The van der Waals surface area contributed by atoms with E-state index in [2.05, 4.69) is 4.72 Å². The van der Waals surface area contributed by atoms with Gasteiger partial charge in [-0.25, -0.2) is 8.42 Å². The number of nitrogens with zero attached hydrogens (tertiary/aromatic N) is 1. The Labute approximate surface area is 164 Å². The van der Waals surface area contributed by atoms with Crippen LogP contribution in [0, 0.1) is 6.92 Å². The Morgan fingerprint density at radius 2 is 1.79 bits per heavy atom. The lowest BCUT2D eigenvalue weighted by Gasteiger charge is -2.16. The van der Waals surface area contributed by atoms with Gasteiger partial charge in [0.05, 0.1) is 4.90 Å². The zero-order valence-corrected chi connectivity index (χ0v) is 16.4. The Balaban J connectivity index is 1.53. The molecule has 0 aromatic heterocycles. The third kappa shape index (κ3) is 4.96. The number of hydrogen-bond acceptors (Lipinski definition) is 5. The molecule has 1 aliphatic heterocycles. The molecular weight excluding hydrogens is 380 g/mol. The fraction of sp³-hybridized carbons (Fsp3) is 0.300. The summed E-state index contributed by atoms with van der Waals surface area (Å²) in [5, 5.41) is 0. The summed E-state index contributed by atoms with van der Waals surface area (Å²) in [5.74, 6) is -0.631. The van der Waals surface area contributed by atoms with Crippen LogP contribution in [0.3, 0.4) is 0 Å². The van der Waals surface area contributed by atoms with Crippen molar-refractivity contribution in [1.29, 1.82) is 0 Å². The molecule has 3 rings (SSSR count). The molecule has 8 heteroatoms. The van der Waals surface area contributed by atoms with Gasteiger partial charge in [0.2, 0.25) is 15.9 Å². The molecule has 28 heavy (non-hydrogen) atoms. The average Bonchev–Trinajstić information content (AvgIpc) is 3.12. The number of hydrogen-bond donors (Lipinski definition) is 1. The lowest BCUT2D eigenvalue weighted by molar-refractivity contribution is -0.143. The van der Waals surface area contributed by atoms with E-state index in [1.54, 1.807) is 17.0 Å². The Hall–Kier alpha value is -2.71. The van der Waals surface area contributed by atoms with Crippen LogP contribution >= 0.6 is 0 Å². The lowest BCUT2D eigenvalue weighted by Crippen LogP contribution is -2.30. The number of sulfonamides is 1. The molecule has 0 saturated carbocycles. The van der Waals surface area contributed by atoms with Crippen LogP contribution in [-0.4, -0.2) is 33.4 Å². The Bertz CT molecular complexity index is 953. The molecule has 1 N–H and O–H groups in total. The molecule has 0 atom stereocenters. The molecule has 1 amide bonds. The fourth-order valence-electron chi connectivity index (χ4n) is 2.86. The zero-order chi connectivity index (χ0) is 20.1. The van der Waals surface area contributed by atoms with E-state index in [4.69, 9.17) is 4.74 Å². The molecule has 1 aliphatic rings. The fourth-order valence-corrected chi connectivity index (χ4v) is 3.83. The highest BCUT2D eigenvalue weighted by Crippen LogP contribution is 2.22. The van der Waals surface area contributed by atoms with Gasteiger partial charge in [0.15, 0.2) is 0 Å². The number of ether oxygens (including phenoxy) is 1. The molecule has 0 spiro atoms. The van der Waals surface area contributed by atoms with Gasteiger partial charge in [-0.05, 0) is 43.2 Å². The van der Waals surface area contributed by atoms with Gasteiger partial charge in [-0.3, -0.25) is 9.59 Å². The highest BCUT2D eigenvalue weighted by atomic mass is 32.2. The summed E-state index contributed by atoms with van der Waals surface area (Å²) in [6.45, 7) is 2.22. The van der Waals surface area contributed by atoms with E-state index in [-0.39, 0.29) is 17.4 Å². The molecule has 0 aliphatic carbocycles. The van der Waals surface area contributed by atoms with Crippen LogP contribution < -0.4 is 9.62 Å². The van der Waals surface area contributed by atoms with Crippen molar-refractivity contribution in [3.05, 3.63) is 59.7 Å². The summed E-state index contributed by atoms with van der Waals surface area (Å²) in [4.78, 5) is 25.2. The highest BCUT2D eigenvalue weighted by Gasteiger charge is 2.22. The minimum Gasteiger partial charge on any atom is -0.460 e. The van der Waals surface area contributed by atoms with Crippen molar-refractivity contribution in [3.8, 4) is 0 Å². The number of anilines is 1. The summed E-state index contributed by atoms with van der Waals surface area (Å²) in [6, 6.07) is 13.5. The standard InChI is InChI=1S/C20H22N2O5S/c1-15-4-6-16(7-5-15)14-27-20(24)13-21-28(25,26)18-10-8-17(9-11-18)22-12-2-3-19(22)23/h4-11,21H,2-3,12-14H2,1H3. The minimum atomic E-state index is -3.85. The van der Waals surface area contributed by atoms with Crippen molar-refractivity contribution < 1.29 is 22.7 Å². The summed E-state index contributed by atoms with van der Waals surface area (Å²) >= 11 is 0. The summed E-state index contributed by atoms with van der Waals surface area (Å²) in [5.41, 5.74) is 2.59. The monoisotopic (exact) mass is 402 g/mol. The van der Waals surface area contributed by atoms with Crippen molar-refractivity contribution in [2.24, 2.45) is 0 Å². The van der Waals surface area contributed by atoms with Crippen LogP contribution in [0.1, 0.15) is 24.0 Å². The third-order valence-corrected chi connectivity index (χ3v) is 5.88.